The predicted octanol–water partition coefficient (Wildman–Crippen LogP) is 4.21. The number of ether oxygens (including phenoxy) is 1. The van der Waals surface area contributed by atoms with E-state index >= 15 is 0 Å². The molecule has 0 aromatic carbocycles. The van der Waals surface area contributed by atoms with Crippen LogP contribution in [0.4, 0.5) is 0 Å². The van der Waals surface area contributed by atoms with Crippen molar-refractivity contribution in [3.8, 4) is 27.0 Å². The number of piperidine rings is 1. The molecule has 0 saturated carbocycles. The van der Waals surface area contributed by atoms with Crippen LogP contribution in [0.5, 0.6) is 5.19 Å². The summed E-state index contributed by atoms with van der Waals surface area (Å²) in [6, 6.07) is 2.54. The van der Waals surface area contributed by atoms with Crippen molar-refractivity contribution in [2.75, 3.05) is 6.54 Å². The Morgan fingerprint density at radius 2 is 2.10 bits per heavy atom. The van der Waals surface area contributed by atoms with E-state index in [4.69, 9.17) is 14.7 Å². The smallest absolute Gasteiger partial charge is 0.276 e. The SMILES string of the molecule is C[C@H]1CC(Oc2nc3sc(-c4ncc(-c5cn[nH]c5)c5cc[nH]c45)nc3s2)CCN1. The van der Waals surface area contributed by atoms with Crippen molar-refractivity contribution in [3.05, 3.63) is 30.9 Å². The lowest BCUT2D eigenvalue weighted by Crippen LogP contribution is -2.40. The number of hydrogen-bond donors (Lipinski definition) is 3. The molecule has 0 aliphatic carbocycles. The first kappa shape index (κ1) is 18.0. The number of aromatic amines is 2. The quantitative estimate of drug-likeness (QED) is 0.389. The first-order valence-corrected chi connectivity index (χ1v) is 11.5. The molecule has 5 aromatic heterocycles. The van der Waals surface area contributed by atoms with E-state index in [1.54, 1.807) is 17.5 Å². The Balaban J connectivity index is 1.33. The molecule has 0 bridgehead atoms. The van der Waals surface area contributed by atoms with Gasteiger partial charge in [-0.3, -0.25) is 10.1 Å². The Bertz CT molecular complexity index is 1290. The van der Waals surface area contributed by atoms with E-state index in [1.807, 2.05) is 18.6 Å². The van der Waals surface area contributed by atoms with Gasteiger partial charge < -0.3 is 15.0 Å². The van der Waals surface area contributed by atoms with Gasteiger partial charge in [0.2, 0.25) is 0 Å². The van der Waals surface area contributed by atoms with Crippen molar-refractivity contribution < 1.29 is 4.74 Å². The zero-order valence-electron chi connectivity index (χ0n) is 16.2. The Labute approximate surface area is 179 Å². The van der Waals surface area contributed by atoms with Crippen molar-refractivity contribution in [1.29, 1.82) is 0 Å². The van der Waals surface area contributed by atoms with Gasteiger partial charge in [-0.15, -0.1) is 0 Å². The molecule has 152 valence electrons. The monoisotopic (exact) mass is 437 g/mol. The van der Waals surface area contributed by atoms with Crippen LogP contribution in [0, 0.1) is 0 Å². The molecule has 8 nitrogen and oxygen atoms in total. The highest BCUT2D eigenvalue weighted by molar-refractivity contribution is 7.28. The summed E-state index contributed by atoms with van der Waals surface area (Å²) in [4.78, 5) is 19.3. The number of thiazole rings is 2. The highest BCUT2D eigenvalue weighted by atomic mass is 32.1. The zero-order chi connectivity index (χ0) is 20.1. The summed E-state index contributed by atoms with van der Waals surface area (Å²) >= 11 is 3.06. The molecular formula is C20H19N7OS2. The maximum atomic E-state index is 6.13. The number of fused-ring (bicyclic) bond motifs is 2. The molecule has 1 unspecified atom stereocenters. The van der Waals surface area contributed by atoms with Crippen LogP contribution >= 0.6 is 22.7 Å². The summed E-state index contributed by atoms with van der Waals surface area (Å²) < 4.78 is 6.13. The minimum atomic E-state index is 0.219. The number of H-pyrrole nitrogens is 2. The van der Waals surface area contributed by atoms with Crippen LogP contribution in [-0.4, -0.2) is 48.8 Å². The molecule has 6 rings (SSSR count). The van der Waals surface area contributed by atoms with Crippen LogP contribution in [-0.2, 0) is 0 Å². The lowest BCUT2D eigenvalue weighted by Gasteiger charge is -2.27. The fourth-order valence-electron chi connectivity index (χ4n) is 3.95. The van der Waals surface area contributed by atoms with Gasteiger partial charge in [-0.05, 0) is 32.4 Å². The van der Waals surface area contributed by atoms with E-state index in [1.165, 1.54) is 11.3 Å². The van der Waals surface area contributed by atoms with Gasteiger partial charge in [0, 0.05) is 41.1 Å². The van der Waals surface area contributed by atoms with Crippen LogP contribution in [0.2, 0.25) is 0 Å². The third-order valence-electron chi connectivity index (χ3n) is 5.41. The normalized spacial score (nSPS) is 19.6. The topological polar surface area (TPSA) is 104 Å². The molecule has 3 N–H and O–H groups in total. The van der Waals surface area contributed by atoms with Crippen molar-refractivity contribution in [3.63, 3.8) is 0 Å². The Morgan fingerprint density at radius 3 is 2.93 bits per heavy atom. The summed E-state index contributed by atoms with van der Waals surface area (Å²) in [7, 11) is 0. The lowest BCUT2D eigenvalue weighted by molar-refractivity contribution is 0.144. The van der Waals surface area contributed by atoms with Crippen LogP contribution in [0.25, 0.3) is 42.4 Å². The van der Waals surface area contributed by atoms with Crippen molar-refractivity contribution in [2.24, 2.45) is 0 Å². The van der Waals surface area contributed by atoms with Crippen molar-refractivity contribution in [1.82, 2.24) is 35.5 Å². The highest BCUT2D eigenvalue weighted by Gasteiger charge is 2.22. The van der Waals surface area contributed by atoms with Crippen LogP contribution in [0.15, 0.2) is 30.9 Å². The summed E-state index contributed by atoms with van der Waals surface area (Å²) in [5.41, 5.74) is 3.85. The molecule has 0 radical (unpaired) electrons. The first-order chi connectivity index (χ1) is 14.7. The summed E-state index contributed by atoms with van der Waals surface area (Å²) in [5.74, 6) is 0. The third-order valence-corrected chi connectivity index (χ3v) is 7.33. The first-order valence-electron chi connectivity index (χ1n) is 9.87. The third kappa shape index (κ3) is 3.08. The second kappa shape index (κ2) is 7.15. The second-order valence-corrected chi connectivity index (χ2v) is 9.42. The van der Waals surface area contributed by atoms with Gasteiger partial charge >= 0.3 is 0 Å². The molecule has 30 heavy (non-hydrogen) atoms. The van der Waals surface area contributed by atoms with Gasteiger partial charge in [0.15, 0.2) is 9.66 Å². The van der Waals surface area contributed by atoms with E-state index in [2.05, 4.69) is 38.5 Å². The largest absolute Gasteiger partial charge is 0.467 e. The molecule has 1 aliphatic rings. The molecule has 0 amide bonds. The number of rotatable bonds is 4. The lowest BCUT2D eigenvalue weighted by atomic mass is 10.0. The van der Waals surface area contributed by atoms with E-state index in [9.17, 15) is 0 Å². The molecule has 10 heteroatoms. The van der Waals surface area contributed by atoms with Crippen LogP contribution < -0.4 is 10.1 Å². The van der Waals surface area contributed by atoms with Gasteiger partial charge in [-0.2, -0.15) is 10.1 Å². The van der Waals surface area contributed by atoms with Gasteiger partial charge in [0.05, 0.1) is 11.7 Å². The highest BCUT2D eigenvalue weighted by Crippen LogP contribution is 2.39. The van der Waals surface area contributed by atoms with Gasteiger partial charge in [0.1, 0.15) is 16.8 Å². The average Bonchev–Trinajstić information content (AvgIpc) is 3.50. The standard InChI is InChI=1S/C20H19N7OS2/c1-10-6-12(2-4-21-10)28-20-27-19-18(30-20)26-17(29-19)16-15-13(3-5-22-15)14(9-23-16)11-7-24-25-8-11/h3,5,7-10,12,21-22H,2,4,6H2,1H3,(H,24,25)/t10-,12?/m0/s1. The Morgan fingerprint density at radius 1 is 1.17 bits per heavy atom. The maximum absolute atomic E-state index is 6.13. The van der Waals surface area contributed by atoms with E-state index in [-0.39, 0.29) is 6.10 Å². The number of hydrogen-bond acceptors (Lipinski definition) is 8. The summed E-state index contributed by atoms with van der Waals surface area (Å²) in [5, 5.41) is 13.0. The van der Waals surface area contributed by atoms with Crippen molar-refractivity contribution in [2.45, 2.75) is 31.9 Å². The van der Waals surface area contributed by atoms with E-state index in [0.29, 0.717) is 11.2 Å². The van der Waals surface area contributed by atoms with Crippen molar-refractivity contribution >= 4 is 43.2 Å². The zero-order valence-corrected chi connectivity index (χ0v) is 17.8. The predicted molar refractivity (Wildman–Crippen MR) is 119 cm³/mol. The molecule has 0 spiro atoms. The Kier molecular flexibility index (Phi) is 4.29. The van der Waals surface area contributed by atoms with Gasteiger partial charge in [-0.25, -0.2) is 4.98 Å². The molecule has 5 aromatic rings. The van der Waals surface area contributed by atoms with E-state index < -0.39 is 0 Å². The maximum Gasteiger partial charge on any atom is 0.276 e. The fourth-order valence-corrected chi connectivity index (χ4v) is 5.91. The minimum absolute atomic E-state index is 0.219. The number of nitrogens with zero attached hydrogens (tertiary/aromatic N) is 4. The number of pyridine rings is 1. The number of nitrogens with one attached hydrogen (secondary N) is 3. The molecule has 1 fully saturated rings. The van der Waals surface area contributed by atoms with E-state index in [0.717, 1.165) is 61.8 Å². The molecule has 2 atom stereocenters. The average molecular weight is 438 g/mol. The molecule has 6 heterocycles. The second-order valence-electron chi connectivity index (χ2n) is 7.50. The Hall–Kier alpha value is -2.82. The van der Waals surface area contributed by atoms with Gasteiger partial charge in [0.25, 0.3) is 5.19 Å². The summed E-state index contributed by atoms with van der Waals surface area (Å²) in [6.45, 7) is 3.18. The minimum Gasteiger partial charge on any atom is -0.467 e. The summed E-state index contributed by atoms with van der Waals surface area (Å²) in [6.07, 6.45) is 9.72. The molecular weight excluding hydrogens is 418 g/mol. The molecule has 1 aliphatic heterocycles. The molecule has 1 saturated heterocycles. The van der Waals surface area contributed by atoms with Crippen LogP contribution in [0.1, 0.15) is 19.8 Å². The fraction of sp³-hybridized carbons (Fsp3) is 0.300. The van der Waals surface area contributed by atoms with Crippen LogP contribution in [0.3, 0.4) is 0 Å². The van der Waals surface area contributed by atoms with Gasteiger partial charge in [-0.1, -0.05) is 22.7 Å². The number of aromatic nitrogens is 6.